The first-order valence-corrected chi connectivity index (χ1v) is 11.5. The number of phenols is 1. The van der Waals surface area contributed by atoms with Gasteiger partial charge in [0.25, 0.3) is 23.1 Å². The third kappa shape index (κ3) is 5.94. The van der Waals surface area contributed by atoms with Crippen LogP contribution in [0.1, 0.15) is 5.56 Å². The van der Waals surface area contributed by atoms with Crippen molar-refractivity contribution in [2.75, 3.05) is 5.75 Å². The zero-order valence-electron chi connectivity index (χ0n) is 18.8. The van der Waals surface area contributed by atoms with Crippen molar-refractivity contribution in [3.8, 4) is 22.8 Å². The van der Waals surface area contributed by atoms with E-state index in [0.29, 0.717) is 16.5 Å². The number of phenolic OH excluding ortho intramolecular Hbond substituents is 1. The number of nitrogens with one attached hydrogen (secondary N) is 2. The van der Waals surface area contributed by atoms with Gasteiger partial charge in [0.2, 0.25) is 0 Å². The van der Waals surface area contributed by atoms with Crippen molar-refractivity contribution in [2.45, 2.75) is 5.16 Å². The number of thioether (sulfide) groups is 1. The summed E-state index contributed by atoms with van der Waals surface area (Å²) in [5.41, 5.74) is 3.31. The van der Waals surface area contributed by atoms with Crippen molar-refractivity contribution in [1.82, 2.24) is 15.6 Å². The lowest BCUT2D eigenvalue weighted by molar-refractivity contribution is -0.625. The molecule has 1 amide bonds. The zero-order valence-corrected chi connectivity index (χ0v) is 19.7. The van der Waals surface area contributed by atoms with Gasteiger partial charge in [-0.1, -0.05) is 24.3 Å². The molecule has 0 atom stereocenters. The summed E-state index contributed by atoms with van der Waals surface area (Å²) in [6.45, 7) is 0. The predicted octanol–water partition coefficient (Wildman–Crippen LogP) is 3.12. The first-order chi connectivity index (χ1) is 17.8. The number of carbonyl (C=O) groups excluding carboxylic acids is 1. The van der Waals surface area contributed by atoms with Gasteiger partial charge in [-0.25, -0.2) is 5.43 Å². The Balaban J connectivity index is 1.52. The third-order valence-electron chi connectivity index (χ3n) is 4.96. The molecule has 13 nitrogen and oxygen atoms in total. The van der Waals surface area contributed by atoms with E-state index in [9.17, 15) is 30.1 Å². The van der Waals surface area contributed by atoms with Crippen molar-refractivity contribution >= 4 is 35.3 Å². The first-order valence-electron chi connectivity index (χ1n) is 10.6. The number of non-ortho nitro benzene ring substituents is 2. The molecule has 1 aromatic heterocycles. The van der Waals surface area contributed by atoms with Crippen LogP contribution in [-0.4, -0.2) is 43.0 Å². The number of nitro groups is 2. The van der Waals surface area contributed by atoms with E-state index < -0.39 is 15.8 Å². The molecule has 1 heterocycles. The van der Waals surface area contributed by atoms with E-state index in [1.165, 1.54) is 12.1 Å². The Labute approximate surface area is 212 Å². The Morgan fingerprint density at radius 2 is 1.78 bits per heavy atom. The van der Waals surface area contributed by atoms with Gasteiger partial charge < -0.3 is 5.11 Å². The summed E-state index contributed by atoms with van der Waals surface area (Å²) in [6.07, 6.45) is 1.10. The molecule has 0 fully saturated rings. The fraction of sp³-hybridized carbons (Fsp3) is 0.0435. The molecule has 0 aliphatic rings. The summed E-state index contributed by atoms with van der Waals surface area (Å²) >= 11 is 1.09. The van der Waals surface area contributed by atoms with Crippen molar-refractivity contribution < 1.29 is 24.3 Å². The van der Waals surface area contributed by atoms with Crippen LogP contribution in [-0.2, 0) is 4.79 Å². The predicted molar refractivity (Wildman–Crippen MR) is 133 cm³/mol. The second-order valence-electron chi connectivity index (χ2n) is 7.42. The van der Waals surface area contributed by atoms with Crippen molar-refractivity contribution in [3.05, 3.63) is 98.6 Å². The van der Waals surface area contributed by atoms with Gasteiger partial charge in [-0.3, -0.25) is 25.0 Å². The highest BCUT2D eigenvalue weighted by molar-refractivity contribution is 7.99. The van der Waals surface area contributed by atoms with E-state index in [-0.39, 0.29) is 28.4 Å². The largest absolute Gasteiger partial charge is 0.507 e. The normalized spacial score (nSPS) is 10.9. The van der Waals surface area contributed by atoms with Crippen LogP contribution >= 0.6 is 11.8 Å². The van der Waals surface area contributed by atoms with Gasteiger partial charge in [0.05, 0.1) is 32.5 Å². The Bertz CT molecular complexity index is 1510. The smallest absolute Gasteiger partial charge is 0.342 e. The third-order valence-corrected chi connectivity index (χ3v) is 5.90. The van der Waals surface area contributed by atoms with Gasteiger partial charge >= 0.3 is 5.16 Å². The topological polar surface area (TPSA) is 181 Å². The number of amides is 1. The van der Waals surface area contributed by atoms with Crippen molar-refractivity contribution in [3.63, 3.8) is 0 Å². The number of hydrogen-bond acceptors (Lipinski definition) is 9. The molecule has 0 radical (unpaired) electrons. The minimum Gasteiger partial charge on any atom is -0.507 e. The molecular formula is C23H18N7O6S+. The maximum absolute atomic E-state index is 12.4. The molecule has 4 aromatic rings. The standard InChI is InChI=1S/C23H17N7O6S/c31-20-10-9-19(30(35)36)12-16(20)13-24-25-21(32)14-37-23-27-26-22(28(23)17-6-2-1-3-7-17)15-5-4-8-18(11-15)29(33)34/h1-13H,14H2,(H2,24,25,31,32)/p+1. The Morgan fingerprint density at radius 3 is 2.51 bits per heavy atom. The lowest BCUT2D eigenvalue weighted by Gasteiger charge is -2.04. The highest BCUT2D eigenvalue weighted by atomic mass is 32.2. The molecule has 0 aliphatic carbocycles. The molecule has 186 valence electrons. The number of H-pyrrole nitrogens is 1. The summed E-state index contributed by atoms with van der Waals surface area (Å²) in [5.74, 6) is -0.334. The average Bonchev–Trinajstić information content (AvgIpc) is 3.33. The van der Waals surface area contributed by atoms with Crippen LogP contribution in [0.2, 0.25) is 0 Å². The molecule has 3 aromatic carbocycles. The van der Waals surface area contributed by atoms with Crippen LogP contribution in [0, 0.1) is 20.2 Å². The number of rotatable bonds is 9. The number of para-hydroxylation sites is 1. The maximum Gasteiger partial charge on any atom is 0.342 e. The lowest BCUT2D eigenvalue weighted by atomic mass is 10.2. The highest BCUT2D eigenvalue weighted by Crippen LogP contribution is 2.24. The molecule has 37 heavy (non-hydrogen) atoms. The van der Waals surface area contributed by atoms with Crippen LogP contribution in [0.25, 0.3) is 17.1 Å². The number of nitrogens with zero attached hydrogens (tertiary/aromatic N) is 5. The maximum atomic E-state index is 12.4. The van der Waals surface area contributed by atoms with Gasteiger partial charge in [0.15, 0.2) is 0 Å². The Kier molecular flexibility index (Phi) is 7.49. The molecular weight excluding hydrogens is 502 g/mol. The SMILES string of the molecule is O=C(CSc1n[nH]c(-c2cccc([N+](=O)[O-])c2)[n+]1-c1ccccc1)NN=Cc1cc([N+](=O)[O-])ccc1O. The minimum atomic E-state index is -0.611. The van der Waals surface area contributed by atoms with E-state index in [1.807, 2.05) is 30.3 Å². The summed E-state index contributed by atoms with van der Waals surface area (Å²) in [4.78, 5) is 33.4. The molecule has 0 bridgehead atoms. The van der Waals surface area contributed by atoms with E-state index in [0.717, 1.165) is 41.9 Å². The van der Waals surface area contributed by atoms with E-state index in [2.05, 4.69) is 20.7 Å². The van der Waals surface area contributed by atoms with Gasteiger partial charge in [-0.15, -0.1) is 5.10 Å². The molecule has 3 N–H and O–H groups in total. The van der Waals surface area contributed by atoms with Crippen LogP contribution in [0.15, 0.2) is 83.1 Å². The molecule has 0 saturated heterocycles. The zero-order chi connectivity index (χ0) is 26.4. The van der Waals surface area contributed by atoms with Gasteiger partial charge in [-0.05, 0) is 36.0 Å². The Hall–Kier alpha value is -5.11. The summed E-state index contributed by atoms with van der Waals surface area (Å²) < 4.78 is 1.74. The van der Waals surface area contributed by atoms with Crippen LogP contribution < -0.4 is 9.99 Å². The second kappa shape index (κ2) is 11.1. The number of aromatic nitrogens is 3. The first kappa shape index (κ1) is 25.0. The average molecular weight is 521 g/mol. The molecule has 4 rings (SSSR count). The fourth-order valence-electron chi connectivity index (χ4n) is 3.27. The molecule has 0 aliphatic heterocycles. The fourth-order valence-corrected chi connectivity index (χ4v) is 4.03. The van der Waals surface area contributed by atoms with Gasteiger partial charge in [0, 0.05) is 29.8 Å². The Morgan fingerprint density at radius 1 is 1.05 bits per heavy atom. The van der Waals surface area contributed by atoms with E-state index in [1.54, 1.807) is 16.7 Å². The summed E-state index contributed by atoms with van der Waals surface area (Å²) in [7, 11) is 0. The van der Waals surface area contributed by atoms with Gasteiger partial charge in [0.1, 0.15) is 11.4 Å². The van der Waals surface area contributed by atoms with E-state index in [4.69, 9.17) is 0 Å². The second-order valence-corrected chi connectivity index (χ2v) is 8.36. The van der Waals surface area contributed by atoms with Gasteiger partial charge in [-0.2, -0.15) is 9.67 Å². The number of nitro benzene ring substituents is 2. The number of benzene rings is 3. The highest BCUT2D eigenvalue weighted by Gasteiger charge is 2.25. The number of aromatic amines is 1. The quantitative estimate of drug-likeness (QED) is 0.0989. The summed E-state index contributed by atoms with van der Waals surface area (Å²) in [5, 5.41) is 43.3. The summed E-state index contributed by atoms with van der Waals surface area (Å²) in [6, 6.07) is 18.7. The monoisotopic (exact) mass is 520 g/mol. The van der Waals surface area contributed by atoms with Crippen LogP contribution in [0.3, 0.4) is 0 Å². The molecule has 0 unspecified atom stereocenters. The number of aromatic hydroxyl groups is 1. The molecule has 0 saturated carbocycles. The van der Waals surface area contributed by atoms with Crippen LogP contribution in [0.5, 0.6) is 5.75 Å². The number of hydrazone groups is 1. The van der Waals surface area contributed by atoms with Crippen molar-refractivity contribution in [2.24, 2.45) is 5.10 Å². The van der Waals surface area contributed by atoms with E-state index >= 15 is 0 Å². The van der Waals surface area contributed by atoms with Crippen molar-refractivity contribution in [1.29, 1.82) is 0 Å². The molecule has 14 heteroatoms. The lowest BCUT2D eigenvalue weighted by Crippen LogP contribution is -2.34. The number of carbonyl (C=O) groups is 1. The number of hydrogen-bond donors (Lipinski definition) is 3. The van der Waals surface area contributed by atoms with Crippen LogP contribution in [0.4, 0.5) is 11.4 Å². The minimum absolute atomic E-state index is 0.0676. The molecule has 0 spiro atoms.